The molecule has 0 unspecified atom stereocenters. The maximum atomic E-state index is 8.76. The largest absolute Gasteiger partial charge is 0.395 e. The van der Waals surface area contributed by atoms with Crippen molar-refractivity contribution < 1.29 is 5.11 Å². The molecule has 0 aromatic carbocycles. The fraction of sp³-hybridized carbons (Fsp3) is 0.312. The number of pyridine rings is 1. The fourth-order valence-electron chi connectivity index (χ4n) is 1.89. The van der Waals surface area contributed by atoms with E-state index in [0.717, 1.165) is 18.7 Å². The van der Waals surface area contributed by atoms with E-state index in [1.54, 1.807) is 11.3 Å². The van der Waals surface area contributed by atoms with Crippen LogP contribution in [0.25, 0.3) is 0 Å². The van der Waals surface area contributed by atoms with E-state index in [9.17, 15) is 0 Å². The van der Waals surface area contributed by atoms with Crippen molar-refractivity contribution in [3.05, 3.63) is 52.0 Å². The van der Waals surface area contributed by atoms with Crippen LogP contribution in [0.4, 0.5) is 0 Å². The first-order valence-corrected chi connectivity index (χ1v) is 7.41. The molecule has 104 valence electrons. The molecule has 3 nitrogen and oxygen atoms in total. The molecule has 0 saturated carbocycles. The predicted molar refractivity (Wildman–Crippen MR) is 82.3 cm³/mol. The van der Waals surface area contributed by atoms with Crippen molar-refractivity contribution in [3.63, 3.8) is 0 Å². The predicted octanol–water partition coefficient (Wildman–Crippen LogP) is 2.51. The van der Waals surface area contributed by atoms with Gasteiger partial charge in [0.05, 0.1) is 6.61 Å². The van der Waals surface area contributed by atoms with Crippen LogP contribution >= 0.6 is 11.3 Å². The second-order valence-corrected chi connectivity index (χ2v) is 5.56. The van der Waals surface area contributed by atoms with E-state index >= 15 is 0 Å². The number of hydrogen-bond acceptors (Lipinski definition) is 4. The molecule has 0 aliphatic rings. The first-order chi connectivity index (χ1) is 9.79. The molecule has 0 fully saturated rings. The molecule has 0 aliphatic heterocycles. The highest BCUT2D eigenvalue weighted by atomic mass is 32.1. The van der Waals surface area contributed by atoms with Crippen LogP contribution in [-0.4, -0.2) is 28.6 Å². The lowest BCUT2D eigenvalue weighted by molar-refractivity contribution is 0.305. The summed E-state index contributed by atoms with van der Waals surface area (Å²) < 4.78 is 0. The molecule has 0 radical (unpaired) electrons. The molecule has 0 aliphatic carbocycles. The van der Waals surface area contributed by atoms with E-state index in [0.29, 0.717) is 6.42 Å². The summed E-state index contributed by atoms with van der Waals surface area (Å²) in [5, 5.41) is 10.8. The Morgan fingerprint density at radius 3 is 2.80 bits per heavy atom. The summed E-state index contributed by atoms with van der Waals surface area (Å²) in [5.74, 6) is 6.11. The third-order valence-corrected chi connectivity index (χ3v) is 3.73. The van der Waals surface area contributed by atoms with Crippen molar-refractivity contribution in [2.75, 3.05) is 13.7 Å². The Morgan fingerprint density at radius 2 is 2.05 bits per heavy atom. The van der Waals surface area contributed by atoms with Crippen molar-refractivity contribution in [3.8, 4) is 11.8 Å². The molecule has 0 atom stereocenters. The zero-order chi connectivity index (χ0) is 14.2. The number of hydrogen-bond donors (Lipinski definition) is 1. The van der Waals surface area contributed by atoms with E-state index in [2.05, 4.69) is 34.2 Å². The first kappa shape index (κ1) is 14.7. The van der Waals surface area contributed by atoms with Crippen molar-refractivity contribution in [1.82, 2.24) is 9.88 Å². The zero-order valence-electron chi connectivity index (χ0n) is 11.5. The monoisotopic (exact) mass is 286 g/mol. The number of aliphatic hydroxyl groups excluding tert-OH is 1. The molecule has 0 bridgehead atoms. The molecule has 2 rings (SSSR count). The average molecular weight is 286 g/mol. The Labute approximate surface area is 123 Å². The van der Waals surface area contributed by atoms with Gasteiger partial charge >= 0.3 is 0 Å². The lowest BCUT2D eigenvalue weighted by atomic mass is 10.2. The summed E-state index contributed by atoms with van der Waals surface area (Å²) in [6.07, 6.45) is 4.17. The summed E-state index contributed by atoms with van der Waals surface area (Å²) in [6, 6.07) is 6.12. The highest BCUT2D eigenvalue weighted by Crippen LogP contribution is 2.18. The van der Waals surface area contributed by atoms with Crippen LogP contribution in [0.1, 0.15) is 22.4 Å². The molecular formula is C16H18N2OS. The molecule has 1 N–H and O–H groups in total. The standard InChI is InChI=1S/C16H18N2OS/c1-18(12-14-5-8-17-9-6-14)13-16-15(7-11-20-16)4-2-3-10-19/h5-9,11,19H,3,10,12-13H2,1H3. The van der Waals surface area contributed by atoms with Gasteiger partial charge in [-0.1, -0.05) is 11.8 Å². The van der Waals surface area contributed by atoms with Crippen molar-refractivity contribution in [2.45, 2.75) is 19.5 Å². The molecule has 20 heavy (non-hydrogen) atoms. The topological polar surface area (TPSA) is 36.4 Å². The summed E-state index contributed by atoms with van der Waals surface area (Å²) in [5.41, 5.74) is 2.33. The van der Waals surface area contributed by atoms with Crippen molar-refractivity contribution in [2.24, 2.45) is 0 Å². The Balaban J connectivity index is 1.97. The summed E-state index contributed by atoms with van der Waals surface area (Å²) in [4.78, 5) is 7.56. The second kappa shape index (κ2) is 7.81. The van der Waals surface area contributed by atoms with Gasteiger partial charge < -0.3 is 5.11 Å². The third-order valence-electron chi connectivity index (χ3n) is 2.82. The van der Waals surface area contributed by atoms with E-state index in [1.165, 1.54) is 10.4 Å². The number of rotatable bonds is 5. The van der Waals surface area contributed by atoms with E-state index < -0.39 is 0 Å². The quantitative estimate of drug-likeness (QED) is 0.858. The molecule has 0 amide bonds. The van der Waals surface area contributed by atoms with E-state index in [4.69, 9.17) is 5.11 Å². The maximum absolute atomic E-state index is 8.76. The molecular weight excluding hydrogens is 268 g/mol. The van der Waals surface area contributed by atoms with Crippen molar-refractivity contribution in [1.29, 1.82) is 0 Å². The lowest BCUT2D eigenvalue weighted by Crippen LogP contribution is -2.17. The first-order valence-electron chi connectivity index (χ1n) is 6.53. The van der Waals surface area contributed by atoms with Gasteiger partial charge in [-0.3, -0.25) is 9.88 Å². The van der Waals surface area contributed by atoms with Crippen LogP contribution in [0.15, 0.2) is 36.0 Å². The van der Waals surface area contributed by atoms with Gasteiger partial charge in [-0.2, -0.15) is 0 Å². The van der Waals surface area contributed by atoms with Crippen LogP contribution in [0.2, 0.25) is 0 Å². The van der Waals surface area contributed by atoms with Crippen molar-refractivity contribution >= 4 is 11.3 Å². The van der Waals surface area contributed by atoms with E-state index in [-0.39, 0.29) is 6.61 Å². The Kier molecular flexibility index (Phi) is 5.75. The Bertz CT molecular complexity index is 583. The molecule has 2 heterocycles. The summed E-state index contributed by atoms with van der Waals surface area (Å²) in [7, 11) is 2.10. The molecule has 0 spiro atoms. The Morgan fingerprint density at radius 1 is 1.25 bits per heavy atom. The van der Waals surface area contributed by atoms with Gasteiger partial charge in [0.1, 0.15) is 0 Å². The highest BCUT2D eigenvalue weighted by Gasteiger charge is 2.06. The minimum Gasteiger partial charge on any atom is -0.395 e. The second-order valence-electron chi connectivity index (χ2n) is 4.56. The number of aromatic nitrogens is 1. The molecule has 4 heteroatoms. The van der Waals surface area contributed by atoms with Gasteiger partial charge in [0.15, 0.2) is 0 Å². The minimum absolute atomic E-state index is 0.119. The van der Waals surface area contributed by atoms with Crippen LogP contribution in [0, 0.1) is 11.8 Å². The highest BCUT2D eigenvalue weighted by molar-refractivity contribution is 7.10. The SMILES string of the molecule is CN(Cc1ccncc1)Cc1sccc1C#CCCO. The average Bonchev–Trinajstić information content (AvgIpc) is 2.87. The van der Waals surface area contributed by atoms with Gasteiger partial charge in [-0.05, 0) is 36.2 Å². The minimum atomic E-state index is 0.119. The van der Waals surface area contributed by atoms with E-state index in [1.807, 2.05) is 30.6 Å². The van der Waals surface area contributed by atoms with Crippen LogP contribution in [0.3, 0.4) is 0 Å². The normalized spacial score (nSPS) is 10.3. The maximum Gasteiger partial charge on any atom is 0.0540 e. The number of nitrogens with zero attached hydrogens (tertiary/aromatic N) is 2. The smallest absolute Gasteiger partial charge is 0.0540 e. The lowest BCUT2D eigenvalue weighted by Gasteiger charge is -2.15. The molecule has 2 aromatic heterocycles. The van der Waals surface area contributed by atoms with Gasteiger partial charge in [-0.25, -0.2) is 0 Å². The van der Waals surface area contributed by atoms with Gasteiger partial charge in [-0.15, -0.1) is 11.3 Å². The Hall–Kier alpha value is -1.67. The van der Waals surface area contributed by atoms with Gasteiger partial charge in [0.2, 0.25) is 0 Å². The van der Waals surface area contributed by atoms with Gasteiger partial charge in [0.25, 0.3) is 0 Å². The van der Waals surface area contributed by atoms with Crippen LogP contribution < -0.4 is 0 Å². The van der Waals surface area contributed by atoms with Crippen LogP contribution in [-0.2, 0) is 13.1 Å². The fourth-order valence-corrected chi connectivity index (χ4v) is 2.80. The van der Waals surface area contributed by atoms with Crippen LogP contribution in [0.5, 0.6) is 0 Å². The summed E-state index contributed by atoms with van der Waals surface area (Å²) in [6.45, 7) is 1.89. The van der Waals surface area contributed by atoms with Gasteiger partial charge in [0, 0.05) is 42.3 Å². The zero-order valence-corrected chi connectivity index (χ0v) is 12.4. The molecule has 0 saturated heterocycles. The number of thiophene rings is 1. The molecule has 2 aromatic rings. The third kappa shape index (κ3) is 4.46. The number of aliphatic hydroxyl groups is 1. The summed E-state index contributed by atoms with van der Waals surface area (Å²) >= 11 is 1.73.